The van der Waals surface area contributed by atoms with Crippen LogP contribution in [0.1, 0.15) is 41.1 Å². The maximum Gasteiger partial charge on any atom is 0.322 e. The van der Waals surface area contributed by atoms with Gasteiger partial charge in [0.1, 0.15) is 5.69 Å². The number of carbonyl (C=O) groups excluding carboxylic acids is 1. The molecule has 8 nitrogen and oxygen atoms in total. The molecular weight excluding hydrogens is 324 g/mol. The molecule has 0 bridgehead atoms. The number of aryl methyl sites for hydroxylation is 2. The molecule has 2 rings (SSSR count). The van der Waals surface area contributed by atoms with E-state index >= 15 is 0 Å². The topological polar surface area (TPSA) is 102 Å². The van der Waals surface area contributed by atoms with Gasteiger partial charge in [-0.05, 0) is 25.8 Å². The average molecular weight is 346 g/mol. The van der Waals surface area contributed by atoms with Gasteiger partial charge in [0.15, 0.2) is 0 Å². The van der Waals surface area contributed by atoms with Crippen LogP contribution in [0.25, 0.3) is 0 Å². The number of benzene rings is 1. The lowest BCUT2D eigenvalue weighted by molar-refractivity contribution is -0.385. The van der Waals surface area contributed by atoms with Crippen LogP contribution in [0, 0.1) is 17.0 Å². The van der Waals surface area contributed by atoms with Crippen molar-refractivity contribution in [3.05, 3.63) is 57.4 Å². The molecule has 0 radical (unpaired) electrons. The van der Waals surface area contributed by atoms with E-state index in [1.807, 2.05) is 30.3 Å². The van der Waals surface area contributed by atoms with Gasteiger partial charge in [-0.3, -0.25) is 19.6 Å². The van der Waals surface area contributed by atoms with E-state index in [1.165, 1.54) is 16.5 Å². The first kappa shape index (κ1) is 18.6. The Morgan fingerprint density at radius 1 is 1.40 bits per heavy atom. The van der Waals surface area contributed by atoms with Gasteiger partial charge < -0.3 is 10.0 Å². The summed E-state index contributed by atoms with van der Waals surface area (Å²) < 4.78 is 1.35. The van der Waals surface area contributed by atoms with Crippen LogP contribution in [0.3, 0.4) is 0 Å². The Morgan fingerprint density at radius 2 is 2.04 bits per heavy atom. The Hall–Kier alpha value is -2.74. The van der Waals surface area contributed by atoms with Crippen LogP contribution in [-0.4, -0.2) is 44.3 Å². The zero-order valence-corrected chi connectivity index (χ0v) is 14.5. The van der Waals surface area contributed by atoms with Gasteiger partial charge in [-0.2, -0.15) is 5.10 Å². The minimum atomic E-state index is -0.570. The summed E-state index contributed by atoms with van der Waals surface area (Å²) >= 11 is 0. The van der Waals surface area contributed by atoms with E-state index in [-0.39, 0.29) is 29.7 Å². The van der Waals surface area contributed by atoms with Crippen LogP contribution in [0.4, 0.5) is 5.69 Å². The van der Waals surface area contributed by atoms with Crippen molar-refractivity contribution in [2.45, 2.75) is 32.9 Å². The number of rotatable bonds is 7. The maximum absolute atomic E-state index is 13.0. The van der Waals surface area contributed by atoms with E-state index < -0.39 is 10.8 Å². The predicted molar refractivity (Wildman–Crippen MR) is 92.3 cm³/mol. The standard InChI is InChI=1S/C17H22N4O4/c1-4-20-16(15(21(24)25)12(2)18-20)17(23)19(3)14(10-11-22)13-8-6-5-7-9-13/h5-9,14,22H,4,10-11H2,1-3H3. The molecule has 25 heavy (non-hydrogen) atoms. The second-order valence-electron chi connectivity index (χ2n) is 5.71. The smallest absolute Gasteiger partial charge is 0.322 e. The number of carbonyl (C=O) groups is 1. The van der Waals surface area contributed by atoms with Gasteiger partial charge in [0.2, 0.25) is 5.69 Å². The molecule has 0 aliphatic rings. The molecule has 1 heterocycles. The molecule has 0 saturated heterocycles. The number of nitrogens with zero attached hydrogens (tertiary/aromatic N) is 4. The summed E-state index contributed by atoms with van der Waals surface area (Å²) in [4.78, 5) is 25.3. The van der Waals surface area contributed by atoms with E-state index in [2.05, 4.69) is 5.10 Å². The van der Waals surface area contributed by atoms with Crippen LogP contribution in [0.2, 0.25) is 0 Å². The summed E-state index contributed by atoms with van der Waals surface area (Å²) in [5, 5.41) is 24.9. The first-order valence-corrected chi connectivity index (χ1v) is 8.07. The highest BCUT2D eigenvalue weighted by Gasteiger charge is 2.34. The fourth-order valence-electron chi connectivity index (χ4n) is 2.92. The molecule has 1 atom stereocenters. The Balaban J connectivity index is 2.46. The Labute approximate surface area is 145 Å². The molecule has 1 amide bonds. The molecule has 1 aromatic carbocycles. The number of hydrogen-bond acceptors (Lipinski definition) is 5. The molecule has 8 heteroatoms. The Kier molecular flexibility index (Phi) is 5.87. The van der Waals surface area contributed by atoms with E-state index in [0.717, 1.165) is 5.56 Å². The minimum absolute atomic E-state index is 0.0358. The number of nitro groups is 1. The van der Waals surface area contributed by atoms with Crippen molar-refractivity contribution >= 4 is 11.6 Å². The fourth-order valence-corrected chi connectivity index (χ4v) is 2.92. The molecule has 1 N–H and O–H groups in total. The van der Waals surface area contributed by atoms with Crippen molar-refractivity contribution < 1.29 is 14.8 Å². The van der Waals surface area contributed by atoms with Crippen LogP contribution in [0.15, 0.2) is 30.3 Å². The molecular formula is C17H22N4O4. The molecule has 0 spiro atoms. The highest BCUT2D eigenvalue weighted by atomic mass is 16.6. The second-order valence-corrected chi connectivity index (χ2v) is 5.71. The van der Waals surface area contributed by atoms with Gasteiger partial charge in [0.25, 0.3) is 5.91 Å². The second kappa shape index (κ2) is 7.89. The first-order valence-electron chi connectivity index (χ1n) is 8.07. The number of hydrogen-bond donors (Lipinski definition) is 1. The van der Waals surface area contributed by atoms with Crippen molar-refractivity contribution in [1.82, 2.24) is 14.7 Å². The zero-order valence-electron chi connectivity index (χ0n) is 14.5. The molecule has 134 valence electrons. The van der Waals surface area contributed by atoms with Gasteiger partial charge in [-0.1, -0.05) is 30.3 Å². The SMILES string of the molecule is CCn1nc(C)c([N+](=O)[O-])c1C(=O)N(C)C(CCO)c1ccccc1. The highest BCUT2D eigenvalue weighted by molar-refractivity contribution is 5.97. The van der Waals surface area contributed by atoms with E-state index in [9.17, 15) is 20.0 Å². The molecule has 1 aromatic heterocycles. The summed E-state index contributed by atoms with van der Waals surface area (Å²) in [5.41, 5.74) is 0.761. The normalized spacial score (nSPS) is 12.0. The number of aliphatic hydroxyl groups excluding tert-OH is 1. The first-order chi connectivity index (χ1) is 11.9. The van der Waals surface area contributed by atoms with Gasteiger partial charge in [0, 0.05) is 20.2 Å². The highest BCUT2D eigenvalue weighted by Crippen LogP contribution is 2.29. The van der Waals surface area contributed by atoms with Crippen molar-refractivity contribution in [2.75, 3.05) is 13.7 Å². The van der Waals surface area contributed by atoms with Crippen molar-refractivity contribution in [3.8, 4) is 0 Å². The van der Waals surface area contributed by atoms with E-state index in [0.29, 0.717) is 13.0 Å². The van der Waals surface area contributed by atoms with Crippen LogP contribution in [0.5, 0.6) is 0 Å². The quantitative estimate of drug-likeness (QED) is 0.612. The fraction of sp³-hybridized carbons (Fsp3) is 0.412. The number of amides is 1. The van der Waals surface area contributed by atoms with Crippen molar-refractivity contribution in [2.24, 2.45) is 0 Å². The molecule has 0 saturated carbocycles. The summed E-state index contributed by atoms with van der Waals surface area (Å²) in [6.45, 7) is 3.53. The monoisotopic (exact) mass is 346 g/mol. The third kappa shape index (κ3) is 3.69. The molecule has 1 unspecified atom stereocenters. The van der Waals surface area contributed by atoms with Crippen LogP contribution >= 0.6 is 0 Å². The molecule has 2 aromatic rings. The maximum atomic E-state index is 13.0. The minimum Gasteiger partial charge on any atom is -0.396 e. The molecule has 0 aliphatic carbocycles. The van der Waals surface area contributed by atoms with Gasteiger partial charge in [-0.15, -0.1) is 0 Å². The largest absolute Gasteiger partial charge is 0.396 e. The third-order valence-corrected chi connectivity index (χ3v) is 4.16. The lowest BCUT2D eigenvalue weighted by atomic mass is 10.0. The average Bonchev–Trinajstić information content (AvgIpc) is 2.95. The Morgan fingerprint density at radius 3 is 2.56 bits per heavy atom. The van der Waals surface area contributed by atoms with Crippen molar-refractivity contribution in [3.63, 3.8) is 0 Å². The zero-order chi connectivity index (χ0) is 18.6. The molecule has 0 fully saturated rings. The lowest BCUT2D eigenvalue weighted by Gasteiger charge is -2.28. The number of aliphatic hydroxyl groups is 1. The van der Waals surface area contributed by atoms with Crippen LogP contribution < -0.4 is 0 Å². The number of aromatic nitrogens is 2. The third-order valence-electron chi connectivity index (χ3n) is 4.16. The van der Waals surface area contributed by atoms with E-state index in [4.69, 9.17) is 0 Å². The van der Waals surface area contributed by atoms with Gasteiger partial charge in [-0.25, -0.2) is 0 Å². The lowest BCUT2D eigenvalue weighted by Crippen LogP contribution is -2.33. The van der Waals surface area contributed by atoms with Crippen LogP contribution in [-0.2, 0) is 6.54 Å². The molecule has 0 aliphatic heterocycles. The van der Waals surface area contributed by atoms with Gasteiger partial charge in [0.05, 0.1) is 11.0 Å². The van der Waals surface area contributed by atoms with E-state index in [1.54, 1.807) is 14.0 Å². The van der Waals surface area contributed by atoms with Gasteiger partial charge >= 0.3 is 5.69 Å². The predicted octanol–water partition coefficient (Wildman–Crippen LogP) is 2.32. The summed E-state index contributed by atoms with van der Waals surface area (Å²) in [6.07, 6.45) is 0.333. The Bertz CT molecular complexity index is 758. The van der Waals surface area contributed by atoms with Crippen molar-refractivity contribution in [1.29, 1.82) is 0 Å². The summed E-state index contributed by atoms with van der Waals surface area (Å²) in [7, 11) is 1.59. The summed E-state index contributed by atoms with van der Waals surface area (Å²) in [5.74, 6) is -0.489. The summed E-state index contributed by atoms with van der Waals surface area (Å²) in [6, 6.07) is 8.89.